The van der Waals surface area contributed by atoms with Crippen LogP contribution in [0.15, 0.2) is 48.9 Å². The zero-order valence-electron chi connectivity index (χ0n) is 15.1. The number of fused-ring (bicyclic) bond motifs is 2. The van der Waals surface area contributed by atoms with E-state index in [2.05, 4.69) is 9.97 Å². The number of carbonyl (C=O) groups excluding carboxylic acids is 1. The van der Waals surface area contributed by atoms with Crippen LogP contribution in [0.3, 0.4) is 0 Å². The fraction of sp³-hybridized carbons (Fsp3) is 0.286. The van der Waals surface area contributed by atoms with Crippen molar-refractivity contribution in [2.45, 2.75) is 32.5 Å². The lowest BCUT2D eigenvalue weighted by Gasteiger charge is -2.25. The van der Waals surface area contributed by atoms with Crippen LogP contribution in [0.5, 0.6) is 11.5 Å². The molecule has 0 saturated carbocycles. The van der Waals surface area contributed by atoms with E-state index in [0.717, 1.165) is 28.5 Å². The largest absolute Gasteiger partial charge is 0.489 e. The molecule has 0 fully saturated rings. The first kappa shape index (κ1) is 17.3. The molecule has 6 nitrogen and oxygen atoms in total. The summed E-state index contributed by atoms with van der Waals surface area (Å²) in [6.45, 7) is 2.57. The van der Waals surface area contributed by atoms with Gasteiger partial charge >= 0.3 is 5.97 Å². The Labute approximate surface area is 157 Å². The number of ether oxygens (including phenoxy) is 3. The van der Waals surface area contributed by atoms with Gasteiger partial charge in [-0.25, -0.2) is 14.8 Å². The van der Waals surface area contributed by atoms with Crippen molar-refractivity contribution < 1.29 is 19.0 Å². The van der Waals surface area contributed by atoms with Gasteiger partial charge in [0.1, 0.15) is 24.4 Å². The predicted octanol–water partition coefficient (Wildman–Crippen LogP) is 3.47. The van der Waals surface area contributed by atoms with E-state index in [0.29, 0.717) is 31.1 Å². The van der Waals surface area contributed by atoms with E-state index in [-0.39, 0.29) is 5.97 Å². The van der Waals surface area contributed by atoms with Crippen LogP contribution in [0.25, 0.3) is 10.9 Å². The molecule has 2 heterocycles. The highest BCUT2D eigenvalue weighted by Gasteiger charge is 2.27. The number of benzene rings is 2. The Morgan fingerprint density at radius 3 is 3.07 bits per heavy atom. The molecule has 1 atom stereocenters. The molecule has 1 aliphatic rings. The molecule has 0 radical (unpaired) electrons. The number of hydrogen-bond acceptors (Lipinski definition) is 6. The molecule has 0 spiro atoms. The second-order valence-corrected chi connectivity index (χ2v) is 6.37. The maximum atomic E-state index is 11.9. The molecular weight excluding hydrogens is 344 g/mol. The lowest BCUT2D eigenvalue weighted by Crippen LogP contribution is -2.32. The molecule has 0 aliphatic carbocycles. The van der Waals surface area contributed by atoms with Crippen LogP contribution in [0.4, 0.5) is 0 Å². The van der Waals surface area contributed by atoms with Gasteiger partial charge in [0, 0.05) is 17.6 Å². The van der Waals surface area contributed by atoms with E-state index in [1.54, 1.807) is 13.1 Å². The Kier molecular flexibility index (Phi) is 4.87. The Morgan fingerprint density at radius 2 is 2.19 bits per heavy atom. The smallest absolute Gasteiger partial charge is 0.347 e. The summed E-state index contributed by atoms with van der Waals surface area (Å²) in [5, 5.41) is 0.977. The zero-order valence-corrected chi connectivity index (χ0v) is 15.1. The summed E-state index contributed by atoms with van der Waals surface area (Å²) in [6.07, 6.45) is 4.19. The minimum atomic E-state index is -0.548. The van der Waals surface area contributed by atoms with Gasteiger partial charge in [0.15, 0.2) is 6.10 Å². The van der Waals surface area contributed by atoms with E-state index < -0.39 is 6.10 Å². The second-order valence-electron chi connectivity index (χ2n) is 6.37. The predicted molar refractivity (Wildman–Crippen MR) is 99.7 cm³/mol. The lowest BCUT2D eigenvalue weighted by molar-refractivity contribution is -0.152. The molecule has 3 aromatic rings. The summed E-state index contributed by atoms with van der Waals surface area (Å²) in [5.74, 6) is 1.07. The Hall–Kier alpha value is -3.15. The fourth-order valence-corrected chi connectivity index (χ4v) is 3.13. The topological polar surface area (TPSA) is 70.5 Å². The average Bonchev–Trinajstić information content (AvgIpc) is 2.71. The summed E-state index contributed by atoms with van der Waals surface area (Å²) in [5.41, 5.74) is 3.01. The van der Waals surface area contributed by atoms with Crippen molar-refractivity contribution in [3.63, 3.8) is 0 Å². The molecule has 0 unspecified atom stereocenters. The molecule has 4 rings (SSSR count). The highest BCUT2D eigenvalue weighted by Crippen LogP contribution is 2.32. The van der Waals surface area contributed by atoms with Crippen LogP contribution in [0.1, 0.15) is 24.5 Å². The standard InChI is InChI=1S/C21H20N2O4/c1-2-25-21(24)19-8-5-15-4-6-17(10-20(15)27-19)26-12-14-3-7-18-16(9-14)11-22-13-23-18/h3-4,6-7,9-11,13,19H,2,5,8,12H2,1H3/t19-/m1/s1. The molecule has 1 aromatic heterocycles. The van der Waals surface area contributed by atoms with Crippen LogP contribution in [0.2, 0.25) is 0 Å². The summed E-state index contributed by atoms with van der Waals surface area (Å²) in [7, 11) is 0. The van der Waals surface area contributed by atoms with Crippen molar-refractivity contribution in [1.29, 1.82) is 0 Å². The first-order valence-corrected chi connectivity index (χ1v) is 9.00. The van der Waals surface area contributed by atoms with Crippen LogP contribution in [0, 0.1) is 0 Å². The van der Waals surface area contributed by atoms with Crippen LogP contribution in [-0.2, 0) is 22.6 Å². The molecule has 27 heavy (non-hydrogen) atoms. The van der Waals surface area contributed by atoms with E-state index in [9.17, 15) is 4.79 Å². The number of carbonyl (C=O) groups is 1. The zero-order chi connectivity index (χ0) is 18.6. The summed E-state index contributed by atoms with van der Waals surface area (Å²) >= 11 is 0. The number of aryl methyl sites for hydroxylation is 1. The maximum absolute atomic E-state index is 11.9. The molecule has 138 valence electrons. The highest BCUT2D eigenvalue weighted by atomic mass is 16.6. The molecule has 0 N–H and O–H groups in total. The number of aromatic nitrogens is 2. The fourth-order valence-electron chi connectivity index (χ4n) is 3.13. The monoisotopic (exact) mass is 364 g/mol. The van der Waals surface area contributed by atoms with Gasteiger partial charge in [-0.2, -0.15) is 0 Å². The van der Waals surface area contributed by atoms with E-state index in [4.69, 9.17) is 14.2 Å². The number of hydrogen-bond donors (Lipinski definition) is 0. The van der Waals surface area contributed by atoms with E-state index in [1.165, 1.54) is 6.33 Å². The second kappa shape index (κ2) is 7.61. The highest BCUT2D eigenvalue weighted by molar-refractivity contribution is 5.78. The first-order valence-electron chi connectivity index (χ1n) is 9.00. The van der Waals surface area contributed by atoms with Crippen LogP contribution >= 0.6 is 0 Å². The van der Waals surface area contributed by atoms with Crippen LogP contribution in [-0.4, -0.2) is 28.6 Å². The maximum Gasteiger partial charge on any atom is 0.347 e. The van der Waals surface area contributed by atoms with Crippen molar-refractivity contribution in [2.24, 2.45) is 0 Å². The molecule has 6 heteroatoms. The minimum absolute atomic E-state index is 0.312. The van der Waals surface area contributed by atoms with Crippen LogP contribution < -0.4 is 9.47 Å². The summed E-state index contributed by atoms with van der Waals surface area (Å²) in [6, 6.07) is 11.7. The van der Waals surface area contributed by atoms with Gasteiger partial charge in [-0.1, -0.05) is 12.1 Å². The quantitative estimate of drug-likeness (QED) is 0.646. The van der Waals surface area contributed by atoms with Gasteiger partial charge in [0.25, 0.3) is 0 Å². The van der Waals surface area contributed by atoms with E-state index >= 15 is 0 Å². The molecule has 0 saturated heterocycles. The van der Waals surface area contributed by atoms with Crippen molar-refractivity contribution in [3.05, 3.63) is 60.0 Å². The molecular formula is C21H20N2O4. The Morgan fingerprint density at radius 1 is 1.26 bits per heavy atom. The molecule has 0 bridgehead atoms. The van der Waals surface area contributed by atoms with Crippen molar-refractivity contribution in [2.75, 3.05) is 6.61 Å². The van der Waals surface area contributed by atoms with E-state index in [1.807, 2.05) is 36.4 Å². The van der Waals surface area contributed by atoms with Crippen molar-refractivity contribution in [1.82, 2.24) is 9.97 Å². The molecule has 0 amide bonds. The van der Waals surface area contributed by atoms with Gasteiger partial charge < -0.3 is 14.2 Å². The third-order valence-corrected chi connectivity index (χ3v) is 4.51. The molecule has 2 aromatic carbocycles. The van der Waals surface area contributed by atoms with Gasteiger partial charge in [-0.15, -0.1) is 0 Å². The normalized spacial score (nSPS) is 15.7. The first-order chi connectivity index (χ1) is 13.2. The number of esters is 1. The van der Waals surface area contributed by atoms with Gasteiger partial charge in [-0.3, -0.25) is 0 Å². The van der Waals surface area contributed by atoms with Gasteiger partial charge in [0.05, 0.1) is 12.1 Å². The Bertz CT molecular complexity index is 973. The van der Waals surface area contributed by atoms with Gasteiger partial charge in [-0.05, 0) is 49.1 Å². The van der Waals surface area contributed by atoms with Crippen molar-refractivity contribution >= 4 is 16.9 Å². The third kappa shape index (κ3) is 3.84. The summed E-state index contributed by atoms with van der Waals surface area (Å²) in [4.78, 5) is 20.2. The summed E-state index contributed by atoms with van der Waals surface area (Å²) < 4.78 is 16.8. The lowest BCUT2D eigenvalue weighted by atomic mass is 10.0. The SMILES string of the molecule is CCOC(=O)[C@H]1CCc2ccc(OCc3ccc4ncncc4c3)cc2O1. The Balaban J connectivity index is 1.45. The average molecular weight is 364 g/mol. The molecule has 1 aliphatic heterocycles. The van der Waals surface area contributed by atoms with Crippen molar-refractivity contribution in [3.8, 4) is 11.5 Å². The minimum Gasteiger partial charge on any atom is -0.489 e. The number of rotatable bonds is 5. The van der Waals surface area contributed by atoms with Gasteiger partial charge in [0.2, 0.25) is 0 Å². The number of nitrogens with zero attached hydrogens (tertiary/aromatic N) is 2. The third-order valence-electron chi connectivity index (χ3n) is 4.51.